The molecule has 0 rings (SSSR count). The number of aliphatic hydroxyl groups is 1. The van der Waals surface area contributed by atoms with Crippen molar-refractivity contribution in [1.29, 1.82) is 0 Å². The van der Waals surface area contributed by atoms with Gasteiger partial charge in [0, 0.05) is 25.7 Å². The van der Waals surface area contributed by atoms with E-state index in [1.807, 2.05) is 0 Å². The van der Waals surface area contributed by atoms with Crippen LogP contribution < -0.4 is 0 Å². The third kappa shape index (κ3) is 75.2. The molecule has 0 bridgehead atoms. The number of carbonyl (C=O) groups is 4. The standard InChI is InChI=1S/C85H142O17P2/c1-5-9-13-17-21-25-29-33-36-38-39-41-44-47-50-54-58-62-66-70-83(88)95-75-80(101-84(89)71-67-63-59-55-51-45-32-28-24-20-16-12-8-4)77-99-103(91,92)97-73-79(86)74-98-104(93,94)100-78-81(102-85(90)72-68-64-60-56-52-48-42-35-31-27-23-19-15-11-7-3)76-96-82(87)69-65-61-57-53-49-46-43-40-37-34-30-26-22-18-14-10-6-2/h9-10,13-14,21-23,25-28,32-37,39,41-43,46-47,50,79-81,86H,5-8,11-12,15-20,24,29-31,38,40,44-45,48-49,51-78H2,1-4H3,(H,91,92)(H,93,94)/b13-9-,14-10-,25-21-,26-22-,27-23-,32-28-,36-33-,37-34-,41-39-,42-35-,46-43-,50-47-. The van der Waals surface area contributed by atoms with E-state index in [0.29, 0.717) is 25.7 Å². The van der Waals surface area contributed by atoms with E-state index in [4.69, 9.17) is 37.0 Å². The van der Waals surface area contributed by atoms with Crippen LogP contribution in [0.15, 0.2) is 146 Å². The molecule has 0 aromatic carbocycles. The summed E-state index contributed by atoms with van der Waals surface area (Å²) in [7, 11) is -9.99. The van der Waals surface area contributed by atoms with Crippen molar-refractivity contribution in [2.75, 3.05) is 39.6 Å². The van der Waals surface area contributed by atoms with E-state index >= 15 is 0 Å². The molecule has 5 atom stereocenters. The van der Waals surface area contributed by atoms with Crippen molar-refractivity contribution in [3.05, 3.63) is 146 Å². The summed E-state index contributed by atoms with van der Waals surface area (Å²) in [6, 6.07) is 0. The van der Waals surface area contributed by atoms with Gasteiger partial charge in [-0.25, -0.2) is 9.13 Å². The van der Waals surface area contributed by atoms with Gasteiger partial charge < -0.3 is 33.8 Å². The molecule has 0 aromatic heterocycles. The van der Waals surface area contributed by atoms with Crippen LogP contribution in [0.25, 0.3) is 0 Å². The van der Waals surface area contributed by atoms with E-state index in [0.717, 1.165) is 186 Å². The number of ether oxygens (including phenoxy) is 4. The Bertz CT molecular complexity index is 2540. The summed E-state index contributed by atoms with van der Waals surface area (Å²) >= 11 is 0. The molecule has 0 aliphatic rings. The van der Waals surface area contributed by atoms with Crippen molar-refractivity contribution in [3.63, 3.8) is 0 Å². The summed E-state index contributed by atoms with van der Waals surface area (Å²) in [5, 5.41) is 10.6. The lowest BCUT2D eigenvalue weighted by molar-refractivity contribution is -0.161. The predicted octanol–water partition coefficient (Wildman–Crippen LogP) is 23.4. The number of carbonyl (C=O) groups excluding carboxylic acids is 4. The maximum Gasteiger partial charge on any atom is 0.472 e. The van der Waals surface area contributed by atoms with Crippen molar-refractivity contribution in [2.45, 2.75) is 329 Å². The van der Waals surface area contributed by atoms with Gasteiger partial charge >= 0.3 is 39.5 Å². The average Bonchev–Trinajstić information content (AvgIpc) is 0.939. The first-order valence-corrected chi connectivity index (χ1v) is 43.1. The lowest BCUT2D eigenvalue weighted by atomic mass is 10.1. The van der Waals surface area contributed by atoms with Gasteiger partial charge in [0.25, 0.3) is 0 Å². The zero-order chi connectivity index (χ0) is 76.0. The van der Waals surface area contributed by atoms with Gasteiger partial charge in [0.05, 0.1) is 26.4 Å². The fourth-order valence-electron chi connectivity index (χ4n) is 10.2. The van der Waals surface area contributed by atoms with Gasteiger partial charge in [-0.05, 0) is 167 Å². The van der Waals surface area contributed by atoms with Crippen LogP contribution in [0, 0.1) is 0 Å². The first-order valence-electron chi connectivity index (χ1n) is 40.1. The second-order valence-electron chi connectivity index (χ2n) is 26.2. The number of esters is 4. The molecule has 104 heavy (non-hydrogen) atoms. The third-order valence-electron chi connectivity index (χ3n) is 16.3. The molecular formula is C85H142O17P2. The number of hydrogen-bond acceptors (Lipinski definition) is 15. The van der Waals surface area contributed by atoms with Gasteiger partial charge in [0.2, 0.25) is 0 Å². The highest BCUT2D eigenvalue weighted by molar-refractivity contribution is 7.47. The molecule has 594 valence electrons. The molecule has 0 spiro atoms. The second kappa shape index (κ2) is 76.1. The molecule has 0 radical (unpaired) electrons. The Morgan fingerprint density at radius 2 is 0.500 bits per heavy atom. The lowest BCUT2D eigenvalue weighted by Gasteiger charge is -2.21. The van der Waals surface area contributed by atoms with E-state index in [2.05, 4.69) is 174 Å². The largest absolute Gasteiger partial charge is 0.472 e. The monoisotopic (exact) mass is 1500 g/mol. The molecular weight excluding hydrogens is 1350 g/mol. The van der Waals surface area contributed by atoms with Crippen LogP contribution in [0.3, 0.4) is 0 Å². The quantitative estimate of drug-likeness (QED) is 0.0169. The number of unbranched alkanes of at least 4 members (excludes halogenated alkanes) is 24. The molecule has 3 N–H and O–H groups in total. The minimum absolute atomic E-state index is 0.0689. The fraction of sp³-hybridized carbons (Fsp3) is 0.671. The molecule has 17 nitrogen and oxygen atoms in total. The van der Waals surface area contributed by atoms with E-state index < -0.39 is 97.5 Å². The van der Waals surface area contributed by atoms with Crippen molar-refractivity contribution in [3.8, 4) is 0 Å². The van der Waals surface area contributed by atoms with Gasteiger partial charge in [-0.15, -0.1) is 0 Å². The summed E-state index contributed by atoms with van der Waals surface area (Å²) in [4.78, 5) is 73.0. The van der Waals surface area contributed by atoms with Crippen LogP contribution in [-0.4, -0.2) is 96.7 Å². The average molecular weight is 1500 g/mol. The highest BCUT2D eigenvalue weighted by atomic mass is 31.2. The summed E-state index contributed by atoms with van der Waals surface area (Å²) < 4.78 is 68.6. The van der Waals surface area contributed by atoms with Gasteiger partial charge in [0.15, 0.2) is 12.2 Å². The molecule has 0 fully saturated rings. The maximum absolute atomic E-state index is 13.1. The van der Waals surface area contributed by atoms with E-state index in [1.54, 1.807) is 0 Å². The molecule has 0 aromatic rings. The van der Waals surface area contributed by atoms with Crippen molar-refractivity contribution in [1.82, 2.24) is 0 Å². The topological polar surface area (TPSA) is 237 Å². The summed E-state index contributed by atoms with van der Waals surface area (Å²) in [6.07, 6.45) is 86.8. The van der Waals surface area contributed by atoms with Gasteiger partial charge in [-0.1, -0.05) is 263 Å². The fourth-order valence-corrected chi connectivity index (χ4v) is 11.8. The molecule has 19 heteroatoms. The smallest absolute Gasteiger partial charge is 0.462 e. The lowest BCUT2D eigenvalue weighted by Crippen LogP contribution is -2.30. The highest BCUT2D eigenvalue weighted by Gasteiger charge is 2.30. The van der Waals surface area contributed by atoms with Crippen LogP contribution in [0.5, 0.6) is 0 Å². The summed E-state index contributed by atoms with van der Waals surface area (Å²) in [6.45, 7) is 4.52. The molecule has 0 amide bonds. The van der Waals surface area contributed by atoms with Crippen molar-refractivity contribution < 1.29 is 80.2 Å². The normalized spacial score (nSPS) is 14.6. The predicted molar refractivity (Wildman–Crippen MR) is 427 cm³/mol. The first kappa shape index (κ1) is 98.9. The first-order chi connectivity index (χ1) is 50.7. The van der Waals surface area contributed by atoms with Crippen molar-refractivity contribution in [2.24, 2.45) is 0 Å². The van der Waals surface area contributed by atoms with Gasteiger partial charge in [0.1, 0.15) is 19.3 Å². The minimum atomic E-state index is -4.99. The summed E-state index contributed by atoms with van der Waals surface area (Å²) in [5.41, 5.74) is 0. The van der Waals surface area contributed by atoms with Crippen LogP contribution in [-0.2, 0) is 65.4 Å². The number of allylic oxidation sites excluding steroid dienone is 24. The van der Waals surface area contributed by atoms with Crippen LogP contribution in [0.2, 0.25) is 0 Å². The van der Waals surface area contributed by atoms with E-state index in [-0.39, 0.29) is 25.7 Å². The number of aliphatic hydroxyl groups excluding tert-OH is 1. The Balaban J connectivity index is 5.42. The van der Waals surface area contributed by atoms with Crippen LogP contribution >= 0.6 is 15.6 Å². The Kier molecular flexibility index (Phi) is 72.4. The van der Waals surface area contributed by atoms with E-state index in [9.17, 15) is 43.2 Å². The zero-order valence-corrected chi connectivity index (χ0v) is 66.7. The minimum Gasteiger partial charge on any atom is -0.462 e. The molecule has 0 aliphatic heterocycles. The van der Waals surface area contributed by atoms with E-state index in [1.165, 1.54) is 44.9 Å². The molecule has 5 unspecified atom stereocenters. The third-order valence-corrected chi connectivity index (χ3v) is 18.2. The Labute approximate surface area is 630 Å². The summed E-state index contributed by atoms with van der Waals surface area (Å²) in [5.74, 6) is -2.27. The number of phosphoric acid groups is 2. The zero-order valence-electron chi connectivity index (χ0n) is 64.9. The van der Waals surface area contributed by atoms with Crippen LogP contribution in [0.4, 0.5) is 0 Å². The molecule has 0 aliphatic carbocycles. The molecule has 0 heterocycles. The van der Waals surface area contributed by atoms with Crippen molar-refractivity contribution >= 4 is 39.5 Å². The highest BCUT2D eigenvalue weighted by Crippen LogP contribution is 2.45. The Morgan fingerprint density at radius 3 is 0.808 bits per heavy atom. The Morgan fingerprint density at radius 1 is 0.279 bits per heavy atom. The molecule has 0 saturated carbocycles. The Hall–Kier alpha value is -5.06. The van der Waals surface area contributed by atoms with Gasteiger partial charge in [-0.3, -0.25) is 37.3 Å². The van der Waals surface area contributed by atoms with Gasteiger partial charge in [-0.2, -0.15) is 0 Å². The number of rotatable bonds is 74. The number of hydrogen-bond donors (Lipinski definition) is 3. The molecule has 0 saturated heterocycles. The maximum atomic E-state index is 13.1. The van der Waals surface area contributed by atoms with Crippen LogP contribution in [0.1, 0.15) is 310 Å². The SMILES string of the molecule is CC/C=C\C/C=C\C/C=C\C/C=C\C/C=C\CCCCCC(=O)OCC(COP(=O)(O)OCC(O)COP(=O)(O)OCC(COC(=O)CCCCCC/C=C\C/C=C\C/C=C\C/C=C\CC)OC(=O)CCCCCCC/C=C\C/C=C\CCCCC)OC(=O)CCCCCCC/C=C\CCCCCC. The number of phosphoric ester groups is 2. The second-order valence-corrected chi connectivity index (χ2v) is 29.1.